The number of hydrogen-bond acceptors (Lipinski definition) is 4. The summed E-state index contributed by atoms with van der Waals surface area (Å²) in [6.07, 6.45) is 0.994. The maximum atomic E-state index is 12.1. The monoisotopic (exact) mass is 314 g/mol. The van der Waals surface area contributed by atoms with Gasteiger partial charge in [-0.3, -0.25) is 19.3 Å². The Kier molecular flexibility index (Phi) is 3.77. The normalized spacial score (nSPS) is 13.4. The number of benzene rings is 1. The van der Waals surface area contributed by atoms with E-state index in [1.807, 2.05) is 17.5 Å². The molecule has 0 aliphatic carbocycles. The van der Waals surface area contributed by atoms with Crippen molar-refractivity contribution in [3.05, 3.63) is 51.7 Å². The first-order valence-electron chi connectivity index (χ1n) is 6.85. The van der Waals surface area contributed by atoms with Crippen LogP contribution in [0, 0.1) is 0 Å². The van der Waals surface area contributed by atoms with E-state index in [2.05, 4.69) is 5.32 Å². The topological polar surface area (TPSA) is 66.5 Å². The van der Waals surface area contributed by atoms with Crippen molar-refractivity contribution >= 4 is 34.7 Å². The fourth-order valence-electron chi connectivity index (χ4n) is 2.41. The van der Waals surface area contributed by atoms with Gasteiger partial charge in [0.05, 0.1) is 16.8 Å². The second kappa shape index (κ2) is 5.73. The van der Waals surface area contributed by atoms with Crippen molar-refractivity contribution in [3.63, 3.8) is 0 Å². The van der Waals surface area contributed by atoms with E-state index in [4.69, 9.17) is 0 Å². The highest BCUT2D eigenvalue weighted by molar-refractivity contribution is 7.09. The van der Waals surface area contributed by atoms with Gasteiger partial charge in [-0.1, -0.05) is 12.1 Å². The van der Waals surface area contributed by atoms with Crippen molar-refractivity contribution in [2.45, 2.75) is 12.8 Å². The van der Waals surface area contributed by atoms with Gasteiger partial charge in [0.15, 0.2) is 0 Å². The third-order valence-corrected chi connectivity index (χ3v) is 4.51. The second-order valence-electron chi connectivity index (χ2n) is 5.02. The van der Waals surface area contributed by atoms with E-state index >= 15 is 0 Å². The third-order valence-electron chi connectivity index (χ3n) is 3.57. The van der Waals surface area contributed by atoms with Crippen LogP contribution in [0.5, 0.6) is 0 Å². The number of nitrogens with one attached hydrogen (secondary N) is 1. The molecule has 0 bridgehead atoms. The van der Waals surface area contributed by atoms with E-state index in [1.165, 1.54) is 7.05 Å². The molecule has 0 atom stereocenters. The van der Waals surface area contributed by atoms with Crippen molar-refractivity contribution in [1.82, 2.24) is 4.90 Å². The fourth-order valence-corrected chi connectivity index (χ4v) is 3.12. The average Bonchev–Trinajstić information content (AvgIpc) is 3.10. The molecule has 22 heavy (non-hydrogen) atoms. The smallest absolute Gasteiger partial charge is 0.263 e. The summed E-state index contributed by atoms with van der Waals surface area (Å²) < 4.78 is 0. The number of anilines is 1. The lowest BCUT2D eigenvalue weighted by molar-refractivity contribution is -0.116. The maximum Gasteiger partial charge on any atom is 0.263 e. The molecule has 0 spiro atoms. The van der Waals surface area contributed by atoms with E-state index in [0.29, 0.717) is 24.1 Å². The van der Waals surface area contributed by atoms with Gasteiger partial charge in [0.25, 0.3) is 11.8 Å². The molecule has 2 heterocycles. The standard InChI is InChI=1S/C16H14N2O3S/c1-18-15(20)11-5-2-6-12(14(11)16(18)21)17-13(19)8-7-10-4-3-9-22-10/h2-6,9H,7-8H2,1H3,(H,17,19). The van der Waals surface area contributed by atoms with Gasteiger partial charge in [-0.25, -0.2) is 0 Å². The first-order chi connectivity index (χ1) is 10.6. The molecule has 3 amide bonds. The number of hydrogen-bond donors (Lipinski definition) is 1. The molecule has 2 aromatic rings. The minimum atomic E-state index is -0.380. The van der Waals surface area contributed by atoms with Gasteiger partial charge >= 0.3 is 0 Å². The lowest BCUT2D eigenvalue weighted by Gasteiger charge is -2.08. The molecule has 5 nitrogen and oxygen atoms in total. The van der Waals surface area contributed by atoms with Crippen molar-refractivity contribution < 1.29 is 14.4 Å². The van der Waals surface area contributed by atoms with Crippen molar-refractivity contribution in [2.24, 2.45) is 0 Å². The van der Waals surface area contributed by atoms with Gasteiger partial charge in [-0.05, 0) is 30.0 Å². The van der Waals surface area contributed by atoms with Crippen LogP contribution in [0.3, 0.4) is 0 Å². The highest BCUT2D eigenvalue weighted by Crippen LogP contribution is 2.28. The number of amides is 3. The van der Waals surface area contributed by atoms with Crippen LogP contribution in [-0.2, 0) is 11.2 Å². The van der Waals surface area contributed by atoms with Crippen molar-refractivity contribution in [1.29, 1.82) is 0 Å². The van der Waals surface area contributed by atoms with Gasteiger partial charge < -0.3 is 5.32 Å². The van der Waals surface area contributed by atoms with E-state index in [-0.39, 0.29) is 23.3 Å². The van der Waals surface area contributed by atoms with Crippen LogP contribution in [0.25, 0.3) is 0 Å². The number of fused-ring (bicyclic) bond motifs is 1. The molecule has 1 aromatic heterocycles. The number of aryl methyl sites for hydroxylation is 1. The Morgan fingerprint density at radius 1 is 1.18 bits per heavy atom. The largest absolute Gasteiger partial charge is 0.325 e. The number of imide groups is 1. The number of carbonyl (C=O) groups is 3. The minimum Gasteiger partial charge on any atom is -0.325 e. The lowest BCUT2D eigenvalue weighted by atomic mass is 10.1. The predicted molar refractivity (Wildman–Crippen MR) is 84.1 cm³/mol. The van der Waals surface area contributed by atoms with Crippen molar-refractivity contribution in [2.75, 3.05) is 12.4 Å². The first-order valence-corrected chi connectivity index (χ1v) is 7.73. The summed E-state index contributed by atoms with van der Waals surface area (Å²) in [5.41, 5.74) is 1.01. The zero-order valence-corrected chi connectivity index (χ0v) is 12.8. The van der Waals surface area contributed by atoms with E-state index in [0.717, 1.165) is 9.78 Å². The summed E-state index contributed by atoms with van der Waals surface area (Å²) in [6, 6.07) is 8.84. The molecule has 112 valence electrons. The summed E-state index contributed by atoms with van der Waals surface area (Å²) in [4.78, 5) is 38.3. The van der Waals surface area contributed by atoms with Gasteiger partial charge in [0, 0.05) is 18.3 Å². The summed E-state index contributed by atoms with van der Waals surface area (Å²) in [6.45, 7) is 0. The zero-order chi connectivity index (χ0) is 15.7. The van der Waals surface area contributed by atoms with Crippen LogP contribution in [0.2, 0.25) is 0 Å². The molecule has 1 N–H and O–H groups in total. The SMILES string of the molecule is CN1C(=O)c2cccc(NC(=O)CCc3cccs3)c2C1=O. The van der Waals surface area contributed by atoms with E-state index in [9.17, 15) is 14.4 Å². The molecule has 1 aliphatic rings. The van der Waals surface area contributed by atoms with E-state index in [1.54, 1.807) is 29.5 Å². The van der Waals surface area contributed by atoms with Crippen LogP contribution in [0.15, 0.2) is 35.7 Å². The molecule has 0 fully saturated rings. The number of thiophene rings is 1. The summed E-state index contributed by atoms with van der Waals surface area (Å²) in [7, 11) is 1.44. The number of nitrogens with zero attached hydrogens (tertiary/aromatic N) is 1. The molecule has 0 saturated carbocycles. The Labute approximate surface area is 131 Å². The quantitative estimate of drug-likeness (QED) is 0.882. The molecule has 3 rings (SSSR count). The molecular weight excluding hydrogens is 300 g/mol. The third kappa shape index (κ3) is 2.53. The molecule has 0 saturated heterocycles. The Bertz CT molecular complexity index is 753. The molecule has 1 aliphatic heterocycles. The van der Waals surface area contributed by atoms with Crippen molar-refractivity contribution in [3.8, 4) is 0 Å². The highest BCUT2D eigenvalue weighted by atomic mass is 32.1. The Balaban J connectivity index is 1.75. The van der Waals surface area contributed by atoms with Crippen LogP contribution in [0.1, 0.15) is 32.0 Å². The predicted octanol–water partition coefficient (Wildman–Crippen LogP) is 2.55. The van der Waals surface area contributed by atoms with Gasteiger partial charge in [-0.2, -0.15) is 0 Å². The molecular formula is C16H14N2O3S. The number of rotatable bonds is 4. The molecule has 0 radical (unpaired) electrons. The Morgan fingerprint density at radius 3 is 2.73 bits per heavy atom. The van der Waals surface area contributed by atoms with Crippen LogP contribution in [-0.4, -0.2) is 29.7 Å². The van der Waals surface area contributed by atoms with Crippen LogP contribution in [0.4, 0.5) is 5.69 Å². The van der Waals surface area contributed by atoms with Crippen LogP contribution >= 0.6 is 11.3 Å². The molecule has 6 heteroatoms. The second-order valence-corrected chi connectivity index (χ2v) is 6.06. The summed E-state index contributed by atoms with van der Waals surface area (Å²) in [5.74, 6) is -0.888. The minimum absolute atomic E-state index is 0.170. The van der Waals surface area contributed by atoms with Crippen LogP contribution < -0.4 is 5.32 Å². The van der Waals surface area contributed by atoms with E-state index < -0.39 is 0 Å². The summed E-state index contributed by atoms with van der Waals surface area (Å²) >= 11 is 1.61. The van der Waals surface area contributed by atoms with Gasteiger partial charge in [0.2, 0.25) is 5.91 Å². The highest BCUT2D eigenvalue weighted by Gasteiger charge is 2.35. The Hall–Kier alpha value is -2.47. The fraction of sp³-hybridized carbons (Fsp3) is 0.188. The van der Waals surface area contributed by atoms with Gasteiger partial charge in [-0.15, -0.1) is 11.3 Å². The van der Waals surface area contributed by atoms with Gasteiger partial charge in [0.1, 0.15) is 0 Å². The maximum absolute atomic E-state index is 12.1. The summed E-state index contributed by atoms with van der Waals surface area (Å²) in [5, 5.41) is 4.71. The lowest BCUT2D eigenvalue weighted by Crippen LogP contribution is -2.24. The first kappa shape index (κ1) is 14.5. The Morgan fingerprint density at radius 2 is 2.00 bits per heavy atom. The average molecular weight is 314 g/mol. The molecule has 0 unspecified atom stereocenters. The number of carbonyl (C=O) groups excluding carboxylic acids is 3. The zero-order valence-electron chi connectivity index (χ0n) is 12.0. The molecule has 1 aromatic carbocycles.